The van der Waals surface area contributed by atoms with Crippen LogP contribution in [0, 0.1) is 5.92 Å². The minimum absolute atomic E-state index is 0.0369. The number of hydrogen-bond acceptors (Lipinski definition) is 4. The summed E-state index contributed by atoms with van der Waals surface area (Å²) in [5, 5.41) is 2.83. The number of rotatable bonds is 6. The zero-order valence-electron chi connectivity index (χ0n) is 17.1. The molecule has 1 heterocycles. The number of methoxy groups -OCH3 is 1. The molecule has 1 fully saturated rings. The Labute approximate surface area is 177 Å². The van der Waals surface area contributed by atoms with Crippen LogP contribution in [0.25, 0.3) is 0 Å². The first-order valence-electron chi connectivity index (χ1n) is 9.70. The Kier molecular flexibility index (Phi) is 6.72. The monoisotopic (exact) mass is 436 g/mol. The smallest absolute Gasteiger partial charge is 0.497 e. The van der Waals surface area contributed by atoms with E-state index in [1.165, 1.54) is 24.3 Å². The van der Waals surface area contributed by atoms with Crippen LogP contribution < -0.4 is 14.8 Å². The molecule has 31 heavy (non-hydrogen) atoms. The zero-order chi connectivity index (χ0) is 22.6. The summed E-state index contributed by atoms with van der Waals surface area (Å²) in [5.74, 6) is -0.369. The summed E-state index contributed by atoms with van der Waals surface area (Å²) in [6, 6.07) is 12.1. The van der Waals surface area contributed by atoms with Gasteiger partial charge < -0.3 is 19.7 Å². The first-order chi connectivity index (χ1) is 14.7. The van der Waals surface area contributed by atoms with Crippen LogP contribution >= 0.6 is 0 Å². The number of alkyl halides is 3. The van der Waals surface area contributed by atoms with E-state index in [4.69, 9.17) is 4.74 Å². The average Bonchev–Trinajstić information content (AvgIpc) is 2.74. The molecule has 1 saturated heterocycles. The number of likely N-dealkylation sites (tertiary alicyclic amines) is 1. The topological polar surface area (TPSA) is 67.9 Å². The van der Waals surface area contributed by atoms with Crippen molar-refractivity contribution in [2.75, 3.05) is 14.2 Å². The number of carbonyl (C=O) groups is 2. The first-order valence-corrected chi connectivity index (χ1v) is 9.70. The van der Waals surface area contributed by atoms with E-state index in [0.29, 0.717) is 17.7 Å². The molecule has 3 rings (SSSR count). The Morgan fingerprint density at radius 2 is 1.71 bits per heavy atom. The van der Waals surface area contributed by atoms with Gasteiger partial charge in [-0.15, -0.1) is 13.2 Å². The molecule has 0 spiro atoms. The van der Waals surface area contributed by atoms with Gasteiger partial charge in [-0.3, -0.25) is 9.59 Å². The van der Waals surface area contributed by atoms with Crippen molar-refractivity contribution < 1.29 is 32.2 Å². The molecule has 166 valence electrons. The van der Waals surface area contributed by atoms with Crippen molar-refractivity contribution in [2.45, 2.75) is 31.8 Å². The van der Waals surface area contributed by atoms with E-state index in [0.717, 1.165) is 5.56 Å². The third kappa shape index (κ3) is 5.68. The van der Waals surface area contributed by atoms with Gasteiger partial charge in [-0.2, -0.15) is 0 Å². The van der Waals surface area contributed by atoms with Gasteiger partial charge in [0.25, 0.3) is 0 Å². The molecule has 0 aliphatic carbocycles. The molecular weight excluding hydrogens is 413 g/mol. The molecule has 0 saturated carbocycles. The molecule has 1 N–H and O–H groups in total. The molecule has 2 aromatic rings. The largest absolute Gasteiger partial charge is 0.573 e. The molecule has 0 aromatic heterocycles. The van der Waals surface area contributed by atoms with E-state index < -0.39 is 18.3 Å². The number of amides is 2. The van der Waals surface area contributed by atoms with Gasteiger partial charge in [0, 0.05) is 20.0 Å². The highest BCUT2D eigenvalue weighted by Gasteiger charge is 2.38. The third-order valence-corrected chi connectivity index (χ3v) is 5.28. The molecule has 2 unspecified atom stereocenters. The molecule has 1 aliphatic rings. The molecule has 1 aliphatic heterocycles. The summed E-state index contributed by atoms with van der Waals surface area (Å²) in [5.41, 5.74) is 1.45. The van der Waals surface area contributed by atoms with Crippen LogP contribution in [0.1, 0.15) is 30.0 Å². The van der Waals surface area contributed by atoms with Gasteiger partial charge in [-0.05, 0) is 41.8 Å². The Morgan fingerprint density at radius 3 is 2.29 bits per heavy atom. The number of benzene rings is 2. The summed E-state index contributed by atoms with van der Waals surface area (Å²) in [7, 11) is 3.24. The quantitative estimate of drug-likeness (QED) is 0.748. The summed E-state index contributed by atoms with van der Waals surface area (Å²) in [6.45, 7) is 0.147. The molecule has 2 aromatic carbocycles. The minimum Gasteiger partial charge on any atom is -0.497 e. The number of hydrogen-bond donors (Lipinski definition) is 1. The second kappa shape index (κ2) is 9.28. The zero-order valence-corrected chi connectivity index (χ0v) is 17.1. The van der Waals surface area contributed by atoms with Crippen LogP contribution in [0.5, 0.6) is 11.5 Å². The van der Waals surface area contributed by atoms with Crippen LogP contribution in [-0.4, -0.2) is 37.2 Å². The Morgan fingerprint density at radius 1 is 1.10 bits per heavy atom. The molecule has 2 atom stereocenters. The molecular formula is C22H23F3N2O4. The summed E-state index contributed by atoms with van der Waals surface area (Å²) in [4.78, 5) is 26.8. The summed E-state index contributed by atoms with van der Waals surface area (Å²) >= 11 is 0. The number of piperidine rings is 1. The van der Waals surface area contributed by atoms with Crippen molar-refractivity contribution in [3.8, 4) is 11.5 Å². The molecule has 0 bridgehead atoms. The van der Waals surface area contributed by atoms with Crippen molar-refractivity contribution in [3.63, 3.8) is 0 Å². The highest BCUT2D eigenvalue weighted by Crippen LogP contribution is 2.36. The lowest BCUT2D eigenvalue weighted by Crippen LogP contribution is -2.46. The predicted molar refractivity (Wildman–Crippen MR) is 106 cm³/mol. The lowest BCUT2D eigenvalue weighted by Gasteiger charge is -2.38. The second-order valence-corrected chi connectivity index (χ2v) is 7.28. The van der Waals surface area contributed by atoms with Gasteiger partial charge in [0.05, 0.1) is 19.1 Å². The van der Waals surface area contributed by atoms with Crippen molar-refractivity contribution in [2.24, 2.45) is 5.92 Å². The fourth-order valence-electron chi connectivity index (χ4n) is 3.70. The molecule has 6 nitrogen and oxygen atoms in total. The standard InChI is InChI=1S/C22H23F3N2O4/c1-27-19(28)12-11-18(20(27)15-5-9-16(30-2)10-6-15)21(29)26-13-14-3-7-17(8-4-14)31-22(23,24)25/h3-10,18,20H,11-13H2,1-2H3,(H,26,29). The van der Waals surface area contributed by atoms with E-state index >= 15 is 0 Å². The Bertz CT molecular complexity index is 914. The van der Waals surface area contributed by atoms with E-state index in [2.05, 4.69) is 10.1 Å². The highest BCUT2D eigenvalue weighted by molar-refractivity contribution is 5.84. The number of nitrogens with one attached hydrogen (secondary N) is 1. The molecule has 0 radical (unpaired) electrons. The fourth-order valence-corrected chi connectivity index (χ4v) is 3.70. The van der Waals surface area contributed by atoms with Gasteiger partial charge in [0.2, 0.25) is 11.8 Å². The van der Waals surface area contributed by atoms with E-state index in [1.54, 1.807) is 31.2 Å². The Balaban J connectivity index is 1.69. The normalized spacial score (nSPS) is 19.1. The van der Waals surface area contributed by atoms with Gasteiger partial charge in [-0.25, -0.2) is 0 Å². The van der Waals surface area contributed by atoms with Crippen LogP contribution in [0.15, 0.2) is 48.5 Å². The average molecular weight is 436 g/mol. The SMILES string of the molecule is COc1ccc(C2C(C(=O)NCc3ccc(OC(F)(F)F)cc3)CCC(=O)N2C)cc1. The maximum atomic E-state index is 12.9. The van der Waals surface area contributed by atoms with Gasteiger partial charge >= 0.3 is 6.36 Å². The van der Waals surface area contributed by atoms with Crippen molar-refractivity contribution in [1.82, 2.24) is 10.2 Å². The van der Waals surface area contributed by atoms with Crippen LogP contribution in [0.3, 0.4) is 0 Å². The maximum Gasteiger partial charge on any atom is 0.573 e. The summed E-state index contributed by atoms with van der Waals surface area (Å²) < 4.78 is 45.8. The Hall–Kier alpha value is -3.23. The number of ether oxygens (including phenoxy) is 2. The van der Waals surface area contributed by atoms with Crippen molar-refractivity contribution >= 4 is 11.8 Å². The molecule has 9 heteroatoms. The lowest BCUT2D eigenvalue weighted by atomic mass is 9.84. The first kappa shape index (κ1) is 22.5. The summed E-state index contributed by atoms with van der Waals surface area (Å²) in [6.07, 6.45) is -4.08. The third-order valence-electron chi connectivity index (χ3n) is 5.28. The van der Waals surface area contributed by atoms with E-state index in [9.17, 15) is 22.8 Å². The predicted octanol–water partition coefficient (Wildman–Crippen LogP) is 3.82. The number of carbonyl (C=O) groups excluding carboxylic acids is 2. The van der Waals surface area contributed by atoms with Crippen LogP contribution in [0.2, 0.25) is 0 Å². The number of nitrogens with zero attached hydrogens (tertiary/aromatic N) is 1. The lowest BCUT2D eigenvalue weighted by molar-refractivity contribution is -0.274. The van der Waals surface area contributed by atoms with Gasteiger partial charge in [0.15, 0.2) is 0 Å². The van der Waals surface area contributed by atoms with E-state index in [1.807, 2.05) is 12.1 Å². The van der Waals surface area contributed by atoms with Gasteiger partial charge in [0.1, 0.15) is 11.5 Å². The van der Waals surface area contributed by atoms with Crippen LogP contribution in [0.4, 0.5) is 13.2 Å². The minimum atomic E-state index is -4.75. The van der Waals surface area contributed by atoms with Crippen molar-refractivity contribution in [1.29, 1.82) is 0 Å². The second-order valence-electron chi connectivity index (χ2n) is 7.28. The molecule has 2 amide bonds. The number of halogens is 3. The maximum absolute atomic E-state index is 12.9. The highest BCUT2D eigenvalue weighted by atomic mass is 19.4. The van der Waals surface area contributed by atoms with Crippen molar-refractivity contribution in [3.05, 3.63) is 59.7 Å². The van der Waals surface area contributed by atoms with Crippen LogP contribution in [-0.2, 0) is 16.1 Å². The van der Waals surface area contributed by atoms with Gasteiger partial charge in [-0.1, -0.05) is 24.3 Å². The fraction of sp³-hybridized carbons (Fsp3) is 0.364. The van der Waals surface area contributed by atoms with E-state index in [-0.39, 0.29) is 30.5 Å².